The van der Waals surface area contributed by atoms with Crippen molar-refractivity contribution < 1.29 is 8.42 Å². The molecule has 0 fully saturated rings. The third kappa shape index (κ3) is 3.69. The Labute approximate surface area is 65.6 Å². The van der Waals surface area contributed by atoms with Crippen LogP contribution in [0.4, 0.5) is 0 Å². The summed E-state index contributed by atoms with van der Waals surface area (Å²) in [7, 11) is 1.50. The van der Waals surface area contributed by atoms with Gasteiger partial charge < -0.3 is 0 Å². The Kier molecular flexibility index (Phi) is 3.68. The van der Waals surface area contributed by atoms with Crippen molar-refractivity contribution in [2.75, 3.05) is 0 Å². The first kappa shape index (κ1) is 9.72. The zero-order chi connectivity index (χ0) is 8.20. The van der Waals surface area contributed by atoms with E-state index in [0.717, 1.165) is 0 Å². The van der Waals surface area contributed by atoms with Gasteiger partial charge in [-0.2, -0.15) is 0 Å². The molecule has 10 heavy (non-hydrogen) atoms. The van der Waals surface area contributed by atoms with Gasteiger partial charge in [-0.15, -0.1) is 0 Å². The summed E-state index contributed by atoms with van der Waals surface area (Å²) in [5, 5.41) is 0. The second kappa shape index (κ2) is 3.78. The molecule has 0 bridgehead atoms. The number of halogens is 1. The zero-order valence-electron chi connectivity index (χ0n) is 5.83. The van der Waals surface area contributed by atoms with Crippen LogP contribution < -0.4 is 0 Å². The van der Waals surface area contributed by atoms with Crippen LogP contribution in [-0.4, -0.2) is 8.42 Å². The predicted octanol–water partition coefficient (Wildman–Crippen LogP) is 2.03. The van der Waals surface area contributed by atoms with E-state index in [4.69, 9.17) is 10.7 Å². The first-order chi connectivity index (χ1) is 4.48. The first-order valence-electron chi connectivity index (χ1n) is 2.72. The third-order valence-corrected chi connectivity index (χ3v) is 2.54. The minimum absolute atomic E-state index is 0.160. The van der Waals surface area contributed by atoms with Crippen molar-refractivity contribution in [2.45, 2.75) is 13.8 Å². The lowest BCUT2D eigenvalue weighted by Gasteiger charge is -1.89. The normalized spacial score (nSPS) is 14.5. The van der Waals surface area contributed by atoms with Gasteiger partial charge in [0.05, 0.1) is 4.91 Å². The maximum atomic E-state index is 10.5. The van der Waals surface area contributed by atoms with Crippen LogP contribution in [0.2, 0.25) is 0 Å². The fourth-order valence-electron chi connectivity index (χ4n) is 0.313. The van der Waals surface area contributed by atoms with Crippen LogP contribution in [0.3, 0.4) is 0 Å². The fourth-order valence-corrected chi connectivity index (χ4v) is 0.708. The summed E-state index contributed by atoms with van der Waals surface area (Å²) in [5.74, 6) is 0. The van der Waals surface area contributed by atoms with Crippen molar-refractivity contribution in [1.82, 2.24) is 0 Å². The van der Waals surface area contributed by atoms with Gasteiger partial charge in [0.15, 0.2) is 0 Å². The van der Waals surface area contributed by atoms with E-state index in [1.165, 1.54) is 13.0 Å². The highest BCUT2D eigenvalue weighted by atomic mass is 35.7. The third-order valence-electron chi connectivity index (χ3n) is 0.908. The highest BCUT2D eigenvalue weighted by Gasteiger charge is 2.05. The minimum atomic E-state index is -3.49. The molecule has 58 valence electrons. The Morgan fingerprint density at radius 2 is 2.00 bits per heavy atom. The van der Waals surface area contributed by atoms with Crippen molar-refractivity contribution in [2.24, 2.45) is 0 Å². The van der Waals surface area contributed by atoms with E-state index in [9.17, 15) is 8.42 Å². The van der Waals surface area contributed by atoms with Gasteiger partial charge in [0.25, 0.3) is 9.05 Å². The van der Waals surface area contributed by atoms with Gasteiger partial charge in [0.1, 0.15) is 0 Å². The summed E-state index contributed by atoms with van der Waals surface area (Å²) in [6, 6.07) is 0. The highest BCUT2D eigenvalue weighted by molar-refractivity contribution is 8.16. The summed E-state index contributed by atoms with van der Waals surface area (Å²) < 4.78 is 21.0. The number of allylic oxidation sites excluding steroid dienone is 4. The van der Waals surface area contributed by atoms with Gasteiger partial charge >= 0.3 is 0 Å². The fraction of sp³-hybridized carbons (Fsp3) is 0.333. The zero-order valence-corrected chi connectivity index (χ0v) is 7.41. The van der Waals surface area contributed by atoms with E-state index in [-0.39, 0.29) is 4.91 Å². The van der Waals surface area contributed by atoms with Crippen LogP contribution >= 0.6 is 10.7 Å². The summed E-state index contributed by atoms with van der Waals surface area (Å²) in [6.07, 6.45) is 4.79. The van der Waals surface area contributed by atoms with E-state index in [0.29, 0.717) is 0 Å². The predicted molar refractivity (Wildman–Crippen MR) is 43.3 cm³/mol. The second-order valence-corrected chi connectivity index (χ2v) is 4.48. The molecule has 0 heterocycles. The Morgan fingerprint density at radius 3 is 2.30 bits per heavy atom. The van der Waals surface area contributed by atoms with Gasteiger partial charge in [0, 0.05) is 10.7 Å². The van der Waals surface area contributed by atoms with Crippen molar-refractivity contribution in [3.05, 3.63) is 23.1 Å². The first-order valence-corrected chi connectivity index (χ1v) is 5.03. The maximum absolute atomic E-state index is 10.5. The smallest absolute Gasteiger partial charge is 0.207 e. The quantitative estimate of drug-likeness (QED) is 0.482. The van der Waals surface area contributed by atoms with Gasteiger partial charge in [-0.1, -0.05) is 12.2 Å². The average Bonchev–Trinajstić information content (AvgIpc) is 1.80. The lowest BCUT2D eigenvalue weighted by atomic mass is 10.5. The summed E-state index contributed by atoms with van der Waals surface area (Å²) >= 11 is 0. The molecule has 0 aromatic carbocycles. The lowest BCUT2D eigenvalue weighted by Crippen LogP contribution is -1.88. The molecule has 0 saturated heterocycles. The van der Waals surface area contributed by atoms with Gasteiger partial charge in [-0.3, -0.25) is 0 Å². The highest BCUT2D eigenvalue weighted by Crippen LogP contribution is 2.09. The van der Waals surface area contributed by atoms with Crippen LogP contribution in [0.25, 0.3) is 0 Å². The largest absolute Gasteiger partial charge is 0.257 e. The molecule has 0 atom stereocenters. The molecule has 0 unspecified atom stereocenters. The molecule has 0 aromatic heterocycles. The van der Waals surface area contributed by atoms with Gasteiger partial charge in [-0.05, 0) is 19.9 Å². The molecule has 0 radical (unpaired) electrons. The molecule has 2 nitrogen and oxygen atoms in total. The Bertz CT molecular complexity index is 249. The summed E-state index contributed by atoms with van der Waals surface area (Å²) in [4.78, 5) is 0.160. The number of hydrogen-bond acceptors (Lipinski definition) is 2. The topological polar surface area (TPSA) is 34.1 Å². The van der Waals surface area contributed by atoms with Crippen LogP contribution in [0.15, 0.2) is 23.1 Å². The van der Waals surface area contributed by atoms with E-state index < -0.39 is 9.05 Å². The molecule has 0 saturated carbocycles. The minimum Gasteiger partial charge on any atom is -0.207 e. The van der Waals surface area contributed by atoms with Crippen molar-refractivity contribution in [1.29, 1.82) is 0 Å². The summed E-state index contributed by atoms with van der Waals surface area (Å²) in [5.41, 5.74) is 0. The van der Waals surface area contributed by atoms with E-state index in [1.54, 1.807) is 19.1 Å². The van der Waals surface area contributed by atoms with Gasteiger partial charge in [0.2, 0.25) is 0 Å². The molecular weight excluding hydrogens is 172 g/mol. The monoisotopic (exact) mass is 180 g/mol. The van der Waals surface area contributed by atoms with Crippen LogP contribution in [0.5, 0.6) is 0 Å². The molecular formula is C6H9ClO2S. The number of hydrogen-bond donors (Lipinski definition) is 0. The SMILES string of the molecule is C/C=C\C=C(/C)S(=O)(=O)Cl. The van der Waals surface area contributed by atoms with Crippen LogP contribution in [0.1, 0.15) is 13.8 Å². The molecule has 0 N–H and O–H groups in total. The van der Waals surface area contributed by atoms with Gasteiger partial charge in [-0.25, -0.2) is 8.42 Å². The average molecular weight is 181 g/mol. The van der Waals surface area contributed by atoms with E-state index >= 15 is 0 Å². The van der Waals surface area contributed by atoms with Crippen LogP contribution in [0, 0.1) is 0 Å². The molecule has 0 aromatic rings. The Hall–Kier alpha value is -0.280. The Morgan fingerprint density at radius 1 is 1.50 bits per heavy atom. The lowest BCUT2D eigenvalue weighted by molar-refractivity contribution is 0.615. The molecule has 0 rings (SSSR count). The molecule has 0 aliphatic rings. The van der Waals surface area contributed by atoms with Crippen LogP contribution in [-0.2, 0) is 9.05 Å². The number of rotatable bonds is 2. The Balaban J connectivity index is 4.52. The van der Waals surface area contributed by atoms with Crippen molar-refractivity contribution in [3.8, 4) is 0 Å². The second-order valence-electron chi connectivity index (χ2n) is 1.74. The van der Waals surface area contributed by atoms with E-state index in [2.05, 4.69) is 0 Å². The standard InChI is InChI=1S/C6H9ClO2S/c1-3-4-5-6(2)10(7,8)9/h3-5H,1-2H3/b4-3-,6-5+. The van der Waals surface area contributed by atoms with Crippen molar-refractivity contribution >= 4 is 19.7 Å². The molecule has 0 aliphatic heterocycles. The molecule has 0 spiro atoms. The van der Waals surface area contributed by atoms with E-state index in [1.807, 2.05) is 0 Å². The summed E-state index contributed by atoms with van der Waals surface area (Å²) in [6.45, 7) is 3.24. The molecule has 0 aliphatic carbocycles. The maximum Gasteiger partial charge on any atom is 0.257 e. The van der Waals surface area contributed by atoms with Crippen molar-refractivity contribution in [3.63, 3.8) is 0 Å². The molecule has 0 amide bonds. The molecule has 4 heteroatoms.